The van der Waals surface area contributed by atoms with Gasteiger partial charge in [0.05, 0.1) is 17.2 Å². The lowest BCUT2D eigenvalue weighted by molar-refractivity contribution is 0.0585. The number of aromatic nitrogens is 3. The van der Waals surface area contributed by atoms with Crippen LogP contribution in [0.4, 0.5) is 0 Å². The molecule has 2 amide bonds. The Morgan fingerprint density at radius 2 is 1.84 bits per heavy atom. The molecule has 128 valence electrons. The summed E-state index contributed by atoms with van der Waals surface area (Å²) in [7, 11) is 0. The van der Waals surface area contributed by atoms with E-state index in [2.05, 4.69) is 36.1 Å². The first-order valence-corrected chi connectivity index (χ1v) is 8.75. The molecule has 2 aliphatic heterocycles. The van der Waals surface area contributed by atoms with Gasteiger partial charge in [0, 0.05) is 35.6 Å². The predicted octanol–water partition coefficient (Wildman–Crippen LogP) is 1.71. The van der Waals surface area contributed by atoms with E-state index in [9.17, 15) is 9.59 Å². The molecule has 0 fully saturated rings. The van der Waals surface area contributed by atoms with Crippen LogP contribution in [0.15, 0.2) is 42.9 Å². The topological polar surface area (TPSA) is 74.6 Å². The number of amides is 2. The molecule has 1 aromatic heterocycles. The van der Waals surface area contributed by atoms with E-state index in [1.807, 2.05) is 17.3 Å². The van der Waals surface area contributed by atoms with Crippen LogP contribution in [0.25, 0.3) is 0 Å². The van der Waals surface area contributed by atoms with Gasteiger partial charge in [-0.1, -0.05) is 18.2 Å². The van der Waals surface area contributed by atoms with Gasteiger partial charge in [0.15, 0.2) is 5.82 Å². The van der Waals surface area contributed by atoms with Crippen LogP contribution in [0.1, 0.15) is 39.5 Å². The summed E-state index contributed by atoms with van der Waals surface area (Å²) < 4.78 is 2.08. The fourth-order valence-electron chi connectivity index (χ4n) is 3.06. The van der Waals surface area contributed by atoms with Crippen molar-refractivity contribution in [1.29, 1.82) is 0 Å². The molecule has 0 radical (unpaired) electrons. The number of imide groups is 1. The SMILES string of the molecule is CC(c1ncnn1N1C=CCN(I)C1)N1C(=O)c2ccccc2C1=O. The number of carbonyl (C=O) groups is 2. The minimum Gasteiger partial charge on any atom is -0.269 e. The molecule has 2 aromatic rings. The zero-order valence-electron chi connectivity index (χ0n) is 13.4. The predicted molar refractivity (Wildman–Crippen MR) is 98.3 cm³/mol. The second-order valence-electron chi connectivity index (χ2n) is 5.82. The van der Waals surface area contributed by atoms with Gasteiger partial charge in [-0.05, 0) is 19.1 Å². The molecule has 2 aliphatic rings. The molecule has 0 N–H and O–H groups in total. The number of benzene rings is 1. The minimum absolute atomic E-state index is 0.299. The van der Waals surface area contributed by atoms with E-state index in [1.54, 1.807) is 36.0 Å². The highest BCUT2D eigenvalue weighted by molar-refractivity contribution is 14.1. The van der Waals surface area contributed by atoms with Crippen molar-refractivity contribution in [3.63, 3.8) is 0 Å². The van der Waals surface area contributed by atoms with Crippen LogP contribution < -0.4 is 5.01 Å². The molecule has 0 aliphatic carbocycles. The normalized spacial score (nSPS) is 18.8. The Balaban J connectivity index is 1.67. The number of halogens is 1. The van der Waals surface area contributed by atoms with E-state index >= 15 is 0 Å². The van der Waals surface area contributed by atoms with Crippen molar-refractivity contribution < 1.29 is 9.59 Å². The van der Waals surface area contributed by atoms with E-state index in [4.69, 9.17) is 0 Å². The van der Waals surface area contributed by atoms with Crippen LogP contribution in [0.5, 0.6) is 0 Å². The number of carbonyl (C=O) groups excluding carboxylic acids is 2. The molecule has 1 atom stereocenters. The Morgan fingerprint density at radius 1 is 1.16 bits per heavy atom. The van der Waals surface area contributed by atoms with Crippen LogP contribution in [0.2, 0.25) is 0 Å². The third kappa shape index (κ3) is 2.63. The number of hydrogen-bond acceptors (Lipinski definition) is 6. The lowest BCUT2D eigenvalue weighted by Gasteiger charge is -2.30. The fraction of sp³-hybridized carbons (Fsp3) is 0.250. The van der Waals surface area contributed by atoms with Gasteiger partial charge >= 0.3 is 0 Å². The van der Waals surface area contributed by atoms with Gasteiger partial charge in [-0.25, -0.2) is 8.10 Å². The Hall–Kier alpha value is -2.27. The van der Waals surface area contributed by atoms with E-state index in [-0.39, 0.29) is 11.8 Å². The van der Waals surface area contributed by atoms with Crippen molar-refractivity contribution in [2.24, 2.45) is 0 Å². The van der Waals surface area contributed by atoms with Crippen LogP contribution in [-0.2, 0) is 0 Å². The number of fused-ring (bicyclic) bond motifs is 1. The summed E-state index contributed by atoms with van der Waals surface area (Å²) in [5, 5.41) is 6.15. The Morgan fingerprint density at radius 3 is 2.48 bits per heavy atom. The smallest absolute Gasteiger partial charge is 0.262 e. The Labute approximate surface area is 158 Å². The molecule has 9 heteroatoms. The quantitative estimate of drug-likeness (QED) is 0.403. The lowest BCUT2D eigenvalue weighted by Crippen LogP contribution is -2.43. The number of rotatable bonds is 3. The minimum atomic E-state index is -0.534. The third-order valence-corrected chi connectivity index (χ3v) is 4.96. The van der Waals surface area contributed by atoms with Crippen molar-refractivity contribution in [2.45, 2.75) is 13.0 Å². The summed E-state index contributed by atoms with van der Waals surface area (Å²) in [6, 6.07) is 6.33. The Bertz CT molecular complexity index is 844. The summed E-state index contributed by atoms with van der Waals surface area (Å²) in [6.45, 7) is 3.26. The van der Waals surface area contributed by atoms with Gasteiger partial charge in [-0.3, -0.25) is 19.5 Å². The molecule has 0 spiro atoms. The van der Waals surface area contributed by atoms with Crippen LogP contribution in [-0.4, -0.2) is 47.9 Å². The second-order valence-corrected chi connectivity index (χ2v) is 7.18. The third-order valence-electron chi connectivity index (χ3n) is 4.27. The molecule has 4 rings (SSSR count). The first kappa shape index (κ1) is 16.2. The van der Waals surface area contributed by atoms with E-state index in [0.717, 1.165) is 6.54 Å². The monoisotopic (exact) mass is 450 g/mol. The highest BCUT2D eigenvalue weighted by atomic mass is 127. The van der Waals surface area contributed by atoms with Crippen molar-refractivity contribution in [2.75, 3.05) is 18.2 Å². The van der Waals surface area contributed by atoms with E-state index in [1.165, 1.54) is 11.2 Å². The zero-order valence-corrected chi connectivity index (χ0v) is 15.6. The molecule has 3 heterocycles. The molecule has 0 saturated heterocycles. The highest BCUT2D eigenvalue weighted by Gasteiger charge is 2.40. The Kier molecular flexibility index (Phi) is 4.04. The molecule has 25 heavy (non-hydrogen) atoms. The average molecular weight is 450 g/mol. The van der Waals surface area contributed by atoms with Crippen molar-refractivity contribution in [3.05, 3.63) is 59.8 Å². The summed E-state index contributed by atoms with van der Waals surface area (Å²) in [5.41, 5.74) is 0.864. The molecule has 1 aromatic carbocycles. The summed E-state index contributed by atoms with van der Waals surface area (Å²) >= 11 is 2.23. The van der Waals surface area contributed by atoms with Crippen molar-refractivity contribution in [1.82, 2.24) is 22.9 Å². The van der Waals surface area contributed by atoms with E-state index in [0.29, 0.717) is 23.6 Å². The highest BCUT2D eigenvalue weighted by Crippen LogP contribution is 2.30. The molecule has 8 nitrogen and oxygen atoms in total. The number of nitrogens with zero attached hydrogens (tertiary/aromatic N) is 6. The first-order valence-electron chi connectivity index (χ1n) is 7.79. The van der Waals surface area contributed by atoms with Gasteiger partial charge in [0.2, 0.25) is 0 Å². The van der Waals surface area contributed by atoms with Gasteiger partial charge in [0.1, 0.15) is 13.0 Å². The second kappa shape index (κ2) is 6.23. The molecule has 0 saturated carbocycles. The zero-order chi connectivity index (χ0) is 17.6. The van der Waals surface area contributed by atoms with Crippen LogP contribution in [0, 0.1) is 0 Å². The first-order chi connectivity index (χ1) is 12.1. The molecule has 0 bridgehead atoms. The van der Waals surface area contributed by atoms with Gasteiger partial charge in [-0.2, -0.15) is 4.79 Å². The molecular weight excluding hydrogens is 435 g/mol. The van der Waals surface area contributed by atoms with Crippen LogP contribution >= 0.6 is 22.9 Å². The number of hydrogen-bond donors (Lipinski definition) is 0. The maximum Gasteiger partial charge on any atom is 0.262 e. The largest absolute Gasteiger partial charge is 0.269 e. The van der Waals surface area contributed by atoms with Gasteiger partial charge < -0.3 is 0 Å². The average Bonchev–Trinajstić information content (AvgIpc) is 3.19. The lowest BCUT2D eigenvalue weighted by atomic mass is 10.1. The van der Waals surface area contributed by atoms with Gasteiger partial charge in [-0.15, -0.1) is 5.10 Å². The summed E-state index contributed by atoms with van der Waals surface area (Å²) in [4.78, 5) is 32.6. The summed E-state index contributed by atoms with van der Waals surface area (Å²) in [5.74, 6) is -0.0643. The molecular formula is C16H15IN6O2. The molecule has 1 unspecified atom stereocenters. The maximum absolute atomic E-state index is 12.7. The van der Waals surface area contributed by atoms with E-state index < -0.39 is 6.04 Å². The van der Waals surface area contributed by atoms with Crippen LogP contribution in [0.3, 0.4) is 0 Å². The standard InChI is InChI=1S/C16H15IN6O2/c1-11(22-15(24)12-5-2-3-6-13(12)16(22)25)14-18-9-19-23(14)21-8-4-7-20(17)10-21/h2-6,8-9,11H,7,10H2,1H3. The maximum atomic E-state index is 12.7. The van der Waals surface area contributed by atoms with Gasteiger partial charge in [0.25, 0.3) is 11.8 Å². The fourth-order valence-corrected chi connectivity index (χ4v) is 3.60. The van der Waals surface area contributed by atoms with Crippen molar-refractivity contribution >= 4 is 34.7 Å². The summed E-state index contributed by atoms with van der Waals surface area (Å²) in [6.07, 6.45) is 5.36. The van der Waals surface area contributed by atoms with Crippen molar-refractivity contribution in [3.8, 4) is 0 Å².